The molecule has 0 saturated heterocycles. The molecule has 69 heavy (non-hydrogen) atoms. The van der Waals surface area contributed by atoms with Gasteiger partial charge in [0.25, 0.3) is 0 Å². The number of aromatic nitrogens is 3. The quantitative estimate of drug-likeness (QED) is 0.00387. The van der Waals surface area contributed by atoms with Crippen LogP contribution >= 0.6 is 0 Å². The fourth-order valence-electron chi connectivity index (χ4n) is 2.21. The van der Waals surface area contributed by atoms with Crippen molar-refractivity contribution in [3.05, 3.63) is 81.4 Å². The van der Waals surface area contributed by atoms with Gasteiger partial charge in [0, 0.05) is 142 Å². The molecule has 32 nitrogen and oxygen atoms in total. The Morgan fingerprint density at radius 3 is 1.39 bits per heavy atom. The number of aliphatic hydroxyl groups excluding tert-OH is 2. The maximum Gasteiger partial charge on any atom is 0.339 e. The summed E-state index contributed by atoms with van der Waals surface area (Å²) in [6, 6.07) is 0. The third-order valence-corrected chi connectivity index (χ3v) is 4.86. The van der Waals surface area contributed by atoms with Crippen LogP contribution in [0.3, 0.4) is 0 Å². The summed E-state index contributed by atoms with van der Waals surface area (Å²) in [5.74, 6) is -1.87. The van der Waals surface area contributed by atoms with Crippen molar-refractivity contribution in [2.45, 2.75) is 47.7 Å². The van der Waals surface area contributed by atoms with Gasteiger partial charge in [0.2, 0.25) is 18.2 Å². The summed E-state index contributed by atoms with van der Waals surface area (Å²) in [6.07, 6.45) is 9.38. The summed E-state index contributed by atoms with van der Waals surface area (Å²) in [7, 11) is 0. The van der Waals surface area contributed by atoms with E-state index in [0.717, 1.165) is 6.08 Å². The predicted molar refractivity (Wildman–Crippen MR) is 221 cm³/mol. The molecule has 0 saturated carbocycles. The van der Waals surface area contributed by atoms with Crippen molar-refractivity contribution >= 4 is 43.0 Å². The fourth-order valence-corrected chi connectivity index (χ4v) is 2.21. The van der Waals surface area contributed by atoms with E-state index in [0.29, 0.717) is 39.9 Å². The van der Waals surface area contributed by atoms with E-state index >= 15 is 0 Å². The smallest absolute Gasteiger partial charge is 0.339 e. The first kappa shape index (κ1) is 92.2. The monoisotopic (exact) mass is 1300 g/mol. The summed E-state index contributed by atoms with van der Waals surface area (Å²) in [5.41, 5.74) is -0.373. The van der Waals surface area contributed by atoms with E-state index in [1.165, 1.54) is 51.4 Å². The van der Waals surface area contributed by atoms with E-state index in [2.05, 4.69) is 76.7 Å². The Balaban J connectivity index is -0.0000000677. The Kier molecular flexibility index (Phi) is 102. The summed E-state index contributed by atoms with van der Waals surface area (Å²) in [4.78, 5) is 126. The number of nitrogens with zero attached hydrogens (tertiary/aromatic N) is 6. The Morgan fingerprint density at radius 1 is 0.710 bits per heavy atom. The summed E-state index contributed by atoms with van der Waals surface area (Å²) >= 11 is 0. The molecule has 11 N–H and O–H groups in total. The first-order chi connectivity index (χ1) is 30.5. The van der Waals surface area contributed by atoms with E-state index in [-0.39, 0.29) is 183 Å². The zero-order valence-corrected chi connectivity index (χ0v) is 48.1. The van der Waals surface area contributed by atoms with Gasteiger partial charge in [0.1, 0.15) is 26.8 Å². The van der Waals surface area contributed by atoms with Gasteiger partial charge < -0.3 is 55.0 Å². The van der Waals surface area contributed by atoms with Crippen molar-refractivity contribution in [1.82, 2.24) is 40.4 Å². The average molecular weight is 1300 g/mol. The van der Waals surface area contributed by atoms with E-state index in [4.69, 9.17) is 35.8 Å². The molecule has 0 unspecified atom stereocenters. The second-order valence-electron chi connectivity index (χ2n) is 9.44. The van der Waals surface area contributed by atoms with Gasteiger partial charge in [0.05, 0.1) is 45.7 Å². The van der Waals surface area contributed by atoms with Crippen LogP contribution in [0.2, 0.25) is 0 Å². The van der Waals surface area contributed by atoms with Crippen LogP contribution in [0.1, 0.15) is 27.7 Å². The van der Waals surface area contributed by atoms with Crippen LogP contribution in [0.25, 0.3) is 0 Å². The number of aliphatic hydroxyl groups is 2. The van der Waals surface area contributed by atoms with Gasteiger partial charge in [-0.25, -0.2) is 66.8 Å². The molecule has 0 atom stereocenters. The van der Waals surface area contributed by atoms with Crippen molar-refractivity contribution < 1.29 is 219 Å². The number of hydroxylamine groups is 1. The molecule has 2 amide bonds. The number of carboxylic acid groups (broad SMARTS) is 2. The molecule has 1 aromatic rings. The molecule has 0 bridgehead atoms. The van der Waals surface area contributed by atoms with Gasteiger partial charge in [-0.05, 0) is 20.3 Å². The largest absolute Gasteiger partial charge is 0.520 e. The second-order valence-corrected chi connectivity index (χ2v) is 9.44. The maximum absolute atomic E-state index is 11.9. The van der Waals surface area contributed by atoms with E-state index < -0.39 is 49.0 Å². The minimum Gasteiger partial charge on any atom is -0.520 e. The Morgan fingerprint density at radius 2 is 1.09 bits per heavy atom. The molecule has 0 aliphatic carbocycles. The van der Waals surface area contributed by atoms with Crippen LogP contribution in [-0.4, -0.2) is 141 Å². The van der Waals surface area contributed by atoms with Crippen LogP contribution in [0.15, 0.2) is 79.3 Å². The number of isocyanates is 3. The number of carbonyl (C=O) groups is 2. The zero-order chi connectivity index (χ0) is 50.4. The number of rotatable bonds is 27. The number of carbonyl (C=O) groups excluding carboxylic acids is 5. The van der Waals surface area contributed by atoms with Gasteiger partial charge >= 0.3 is 29.0 Å². The molecule has 0 aliphatic rings. The van der Waals surface area contributed by atoms with Crippen molar-refractivity contribution in [1.29, 1.82) is 0 Å². The van der Waals surface area contributed by atoms with Crippen molar-refractivity contribution in [3.63, 3.8) is 0 Å². The standard InChI is InChI=1S/C9H8N6O6.C6H13N3O4.2C4H6O2.C3H6N2O3.2C3H6O2.CH4.4Y/c16-4-10-1-13-7(19)14(2-11-5-17)9(21)15(8(13)20)3-12-6-18;10-5-7-2-1-3-12-9-4-8-6-13-11;2*1-3(2)4(5)6;6-2-4-1-5-3-8-7;2*1-2-5-3-4;;;;;/h1-3H2,(H,10,16)(H,11,17);8-9,11H,1-4,6H2;2*1H2,2H3,(H,5,6);5,7H,1,3H2;2*2,4H,1,3H2;1H4;;;;/q-2;;;;;;;;;;;. The van der Waals surface area contributed by atoms with Gasteiger partial charge in [-0.1, -0.05) is 33.7 Å². The minimum atomic E-state index is -1.10. The number of amides is 2. The molecule has 0 aromatic carbocycles. The molecule has 0 spiro atoms. The molecule has 1 rings (SSSR count). The molecule has 382 valence electrons. The molecule has 0 aliphatic heterocycles. The normalized spacial score (nSPS) is 7.91. The van der Waals surface area contributed by atoms with Gasteiger partial charge in [-0.2, -0.15) is 28.3 Å². The molecule has 0 fully saturated rings. The maximum atomic E-state index is 11.9. The van der Waals surface area contributed by atoms with Crippen molar-refractivity contribution in [2.24, 2.45) is 15.0 Å². The van der Waals surface area contributed by atoms with E-state index in [9.17, 15) is 47.9 Å². The number of aliphatic carboxylic acids is 2. The summed E-state index contributed by atoms with van der Waals surface area (Å²) in [6.45, 7) is 14.5. The first-order valence-corrected chi connectivity index (χ1v) is 16.5. The molecule has 36 heteroatoms. The SMILES string of the molecule is C.C=C(C)C(=O)O.C=C(C)C(=O)O.C=COCO.C=COCO.O=C=NCCCONCNCOO.O=C=NCNCOO.O=C=NCn1c(=O)n(CN[C-]=O)c(=O)n(CN[C-]=O)c1=O.[Y].[Y].[Y].[Y]. The zero-order valence-electron chi connectivity index (χ0n) is 36.8. The summed E-state index contributed by atoms with van der Waals surface area (Å²) in [5, 5.41) is 55.9. The second kappa shape index (κ2) is 76.5. The third kappa shape index (κ3) is 71.7. The molecule has 1 heterocycles. The van der Waals surface area contributed by atoms with Crippen molar-refractivity contribution in [2.75, 3.05) is 53.5 Å². The van der Waals surface area contributed by atoms with Crippen LogP contribution < -0.4 is 43.8 Å². The van der Waals surface area contributed by atoms with Crippen LogP contribution in [0.5, 0.6) is 0 Å². The first-order valence-electron chi connectivity index (χ1n) is 16.5. The van der Waals surface area contributed by atoms with E-state index in [1.807, 2.05) is 10.6 Å². The van der Waals surface area contributed by atoms with Crippen LogP contribution in [0.4, 0.5) is 0 Å². The Labute approximate surface area is 495 Å². The van der Waals surface area contributed by atoms with Gasteiger partial charge in [-0.3, -0.25) is 21.1 Å². The number of aliphatic imine (C=N–C) groups is 3. The molecule has 1 aromatic heterocycles. The van der Waals surface area contributed by atoms with Crippen molar-refractivity contribution in [3.8, 4) is 0 Å². The van der Waals surface area contributed by atoms with E-state index in [1.54, 1.807) is 0 Å². The number of hydrogen-bond acceptors (Lipinski definition) is 25. The molecular weight excluding hydrogens is 1240 g/mol. The fraction of sp³-hybridized carbons (Fsp3) is 0.455. The third-order valence-electron chi connectivity index (χ3n) is 4.86. The molecular formula is C33H55N11O21Y4-2. The van der Waals surface area contributed by atoms with Crippen LogP contribution in [-0.2, 0) is 208 Å². The Hall–Kier alpha value is -2.99. The number of ether oxygens (including phenoxy) is 2. The van der Waals surface area contributed by atoms with Gasteiger partial charge in [-0.15, -0.1) is 0 Å². The predicted octanol–water partition coefficient (Wildman–Crippen LogP) is -3.65. The number of hydrogen-bond donors (Lipinski definition) is 11. The minimum absolute atomic E-state index is 0. The summed E-state index contributed by atoms with van der Waals surface area (Å²) < 4.78 is 9.73. The molecule has 4 radical (unpaired) electrons. The topological polar surface area (TPSA) is 450 Å². The average Bonchev–Trinajstić information content (AvgIpc) is 3.26. The number of nitrogens with one attached hydrogen (secondary N) is 5. The van der Waals surface area contributed by atoms with Gasteiger partial charge in [0.15, 0.2) is 13.6 Å². The number of carboxylic acids is 2. The van der Waals surface area contributed by atoms with Crippen LogP contribution in [0, 0.1) is 0 Å². The Bertz CT molecular complexity index is 1700.